The van der Waals surface area contributed by atoms with Gasteiger partial charge in [-0.3, -0.25) is 4.79 Å². The molecule has 0 bridgehead atoms. The summed E-state index contributed by atoms with van der Waals surface area (Å²) in [5, 5.41) is 16.9. The Balaban J connectivity index is 2.72. The minimum Gasteiger partial charge on any atom is -0.481 e. The van der Waals surface area contributed by atoms with Crippen LogP contribution in [-0.2, 0) is 4.79 Å². The van der Waals surface area contributed by atoms with Gasteiger partial charge in [-0.2, -0.15) is 5.26 Å². The number of rotatable bonds is 3. The van der Waals surface area contributed by atoms with Crippen molar-refractivity contribution in [2.75, 3.05) is 0 Å². The summed E-state index contributed by atoms with van der Waals surface area (Å²) in [6.45, 7) is 0. The first-order valence-electron chi connectivity index (χ1n) is 3.69. The number of H-pyrrole nitrogens is 1. The van der Waals surface area contributed by atoms with Crippen LogP contribution in [0, 0.1) is 11.3 Å². The fourth-order valence-electron chi connectivity index (χ4n) is 0.989. The van der Waals surface area contributed by atoms with Gasteiger partial charge in [-0.25, -0.2) is 0 Å². The molecule has 1 rings (SSSR count). The van der Waals surface area contributed by atoms with E-state index in [4.69, 9.17) is 16.1 Å². The van der Waals surface area contributed by atoms with Gasteiger partial charge in [0, 0.05) is 11.9 Å². The van der Waals surface area contributed by atoms with Crippen molar-refractivity contribution in [3.05, 3.63) is 23.5 Å². The number of nitrogens with one attached hydrogen (secondary N) is 1. The molecule has 13 heavy (non-hydrogen) atoms. The van der Waals surface area contributed by atoms with E-state index in [1.165, 1.54) is 6.20 Å². The summed E-state index contributed by atoms with van der Waals surface area (Å²) in [6.07, 6.45) is 1.35. The summed E-state index contributed by atoms with van der Waals surface area (Å²) in [5.41, 5.74) is 6.57. The molecule has 4 N–H and O–H groups in total. The minimum absolute atomic E-state index is 0.147. The largest absolute Gasteiger partial charge is 0.481 e. The number of aliphatic carboxylic acids is 1. The Morgan fingerprint density at radius 1 is 1.85 bits per heavy atom. The van der Waals surface area contributed by atoms with Crippen LogP contribution in [0.25, 0.3) is 0 Å². The highest BCUT2D eigenvalue weighted by Crippen LogP contribution is 2.13. The number of hydrogen-bond donors (Lipinski definition) is 3. The highest BCUT2D eigenvalue weighted by atomic mass is 16.4. The molecule has 0 saturated heterocycles. The van der Waals surface area contributed by atoms with Crippen molar-refractivity contribution in [1.82, 2.24) is 4.98 Å². The molecular formula is C8H9N3O2. The van der Waals surface area contributed by atoms with Crippen LogP contribution >= 0.6 is 0 Å². The first-order valence-corrected chi connectivity index (χ1v) is 3.69. The Morgan fingerprint density at radius 2 is 2.54 bits per heavy atom. The average molecular weight is 179 g/mol. The second-order valence-corrected chi connectivity index (χ2v) is 2.66. The van der Waals surface area contributed by atoms with Gasteiger partial charge in [0.25, 0.3) is 0 Å². The number of carboxylic acid groups (broad SMARTS) is 1. The molecule has 0 fully saturated rings. The number of aromatic amines is 1. The van der Waals surface area contributed by atoms with Gasteiger partial charge in [-0.1, -0.05) is 0 Å². The smallest absolute Gasteiger partial charge is 0.305 e. The standard InChI is InChI=1S/C8H9N3O2/c9-3-5-1-7(11-4-5)6(10)2-8(12)13/h1,4,6,11H,2,10H2,(H,12,13)/t6-/m0/s1. The van der Waals surface area contributed by atoms with Crippen molar-refractivity contribution in [3.63, 3.8) is 0 Å². The highest BCUT2D eigenvalue weighted by Gasteiger charge is 2.12. The Morgan fingerprint density at radius 3 is 3.00 bits per heavy atom. The molecule has 0 amide bonds. The maximum Gasteiger partial charge on any atom is 0.305 e. The van der Waals surface area contributed by atoms with Crippen LogP contribution in [0.2, 0.25) is 0 Å². The van der Waals surface area contributed by atoms with Gasteiger partial charge in [0.05, 0.1) is 18.0 Å². The molecule has 0 aromatic carbocycles. The van der Waals surface area contributed by atoms with Crippen LogP contribution in [-0.4, -0.2) is 16.1 Å². The van der Waals surface area contributed by atoms with E-state index >= 15 is 0 Å². The third kappa shape index (κ3) is 2.32. The molecule has 0 saturated carbocycles. The van der Waals surface area contributed by atoms with E-state index < -0.39 is 12.0 Å². The maximum atomic E-state index is 10.3. The molecule has 5 heteroatoms. The number of nitrogens with zero attached hydrogens (tertiary/aromatic N) is 1. The molecule has 68 valence electrons. The fourth-order valence-corrected chi connectivity index (χ4v) is 0.989. The van der Waals surface area contributed by atoms with Crippen molar-refractivity contribution >= 4 is 5.97 Å². The number of carbonyl (C=O) groups is 1. The lowest BCUT2D eigenvalue weighted by Gasteiger charge is -2.04. The Kier molecular flexibility index (Phi) is 2.67. The van der Waals surface area contributed by atoms with E-state index in [1.807, 2.05) is 6.07 Å². The second kappa shape index (κ2) is 3.74. The number of carboxylic acids is 1. The van der Waals surface area contributed by atoms with E-state index in [-0.39, 0.29) is 6.42 Å². The number of aromatic nitrogens is 1. The topological polar surface area (TPSA) is 103 Å². The Bertz CT molecular complexity index is 351. The zero-order chi connectivity index (χ0) is 9.84. The van der Waals surface area contributed by atoms with E-state index in [0.717, 1.165) is 0 Å². The predicted molar refractivity (Wildman–Crippen MR) is 44.7 cm³/mol. The minimum atomic E-state index is -0.958. The molecule has 0 aliphatic rings. The number of hydrogen-bond acceptors (Lipinski definition) is 3. The van der Waals surface area contributed by atoms with Crippen molar-refractivity contribution in [3.8, 4) is 6.07 Å². The van der Waals surface area contributed by atoms with Crippen LogP contribution in [0.1, 0.15) is 23.7 Å². The lowest BCUT2D eigenvalue weighted by molar-refractivity contribution is -0.137. The SMILES string of the molecule is N#Cc1c[nH]c([C@@H](N)CC(=O)O)c1. The third-order valence-corrected chi connectivity index (χ3v) is 1.63. The maximum absolute atomic E-state index is 10.3. The molecule has 1 aromatic rings. The van der Waals surface area contributed by atoms with Crippen LogP contribution in [0.15, 0.2) is 12.3 Å². The van der Waals surface area contributed by atoms with E-state index in [0.29, 0.717) is 11.3 Å². The average Bonchev–Trinajstić information content (AvgIpc) is 2.50. The summed E-state index contributed by atoms with van der Waals surface area (Å²) in [4.78, 5) is 13.1. The molecular weight excluding hydrogens is 170 g/mol. The van der Waals surface area contributed by atoms with Gasteiger partial charge in [-0.15, -0.1) is 0 Å². The Labute approximate surface area is 74.8 Å². The molecule has 1 aromatic heterocycles. The molecule has 1 heterocycles. The van der Waals surface area contributed by atoms with Crippen LogP contribution < -0.4 is 5.73 Å². The van der Waals surface area contributed by atoms with Gasteiger partial charge >= 0.3 is 5.97 Å². The highest BCUT2D eigenvalue weighted by molar-refractivity contribution is 5.67. The second-order valence-electron chi connectivity index (χ2n) is 2.66. The zero-order valence-corrected chi connectivity index (χ0v) is 6.82. The van der Waals surface area contributed by atoms with E-state index in [9.17, 15) is 4.79 Å². The van der Waals surface area contributed by atoms with Gasteiger partial charge in [0.1, 0.15) is 6.07 Å². The van der Waals surface area contributed by atoms with Gasteiger partial charge in [0.2, 0.25) is 0 Å². The van der Waals surface area contributed by atoms with Gasteiger partial charge in [0.15, 0.2) is 0 Å². The fraction of sp³-hybridized carbons (Fsp3) is 0.250. The Hall–Kier alpha value is -1.80. The van der Waals surface area contributed by atoms with Crippen molar-refractivity contribution < 1.29 is 9.90 Å². The van der Waals surface area contributed by atoms with E-state index in [1.54, 1.807) is 6.07 Å². The third-order valence-electron chi connectivity index (χ3n) is 1.63. The van der Waals surface area contributed by atoms with E-state index in [2.05, 4.69) is 4.98 Å². The summed E-state index contributed by atoms with van der Waals surface area (Å²) in [7, 11) is 0. The summed E-state index contributed by atoms with van der Waals surface area (Å²) in [6, 6.07) is 2.89. The molecule has 5 nitrogen and oxygen atoms in total. The first kappa shape index (κ1) is 9.29. The summed E-state index contributed by atoms with van der Waals surface area (Å²) in [5.74, 6) is -0.958. The van der Waals surface area contributed by atoms with Crippen molar-refractivity contribution in [1.29, 1.82) is 5.26 Å². The molecule has 0 spiro atoms. The van der Waals surface area contributed by atoms with Crippen LogP contribution in [0.3, 0.4) is 0 Å². The lowest BCUT2D eigenvalue weighted by Crippen LogP contribution is -2.15. The number of nitriles is 1. The van der Waals surface area contributed by atoms with Gasteiger partial charge in [-0.05, 0) is 6.07 Å². The summed E-state index contributed by atoms with van der Waals surface area (Å²) >= 11 is 0. The lowest BCUT2D eigenvalue weighted by atomic mass is 10.1. The first-order chi connectivity index (χ1) is 6.13. The van der Waals surface area contributed by atoms with Crippen molar-refractivity contribution in [2.45, 2.75) is 12.5 Å². The normalized spacial score (nSPS) is 12.0. The molecule has 0 unspecified atom stereocenters. The zero-order valence-electron chi connectivity index (χ0n) is 6.82. The van der Waals surface area contributed by atoms with Crippen molar-refractivity contribution in [2.24, 2.45) is 5.73 Å². The van der Waals surface area contributed by atoms with Gasteiger partial charge < -0.3 is 15.8 Å². The molecule has 1 atom stereocenters. The quantitative estimate of drug-likeness (QED) is 0.623. The molecule has 0 radical (unpaired) electrons. The summed E-state index contributed by atoms with van der Waals surface area (Å²) < 4.78 is 0. The van der Waals surface area contributed by atoms with Crippen LogP contribution in [0.5, 0.6) is 0 Å². The predicted octanol–water partition coefficient (Wildman–Crippen LogP) is 0.361. The van der Waals surface area contributed by atoms with Crippen LogP contribution in [0.4, 0.5) is 0 Å². The molecule has 0 aliphatic carbocycles. The molecule has 0 aliphatic heterocycles. The number of nitrogens with two attached hydrogens (primary N) is 1. The monoisotopic (exact) mass is 179 g/mol.